The summed E-state index contributed by atoms with van der Waals surface area (Å²) in [7, 11) is 0. The van der Waals surface area contributed by atoms with Gasteiger partial charge in [-0.05, 0) is 31.5 Å². The first-order valence-electron chi connectivity index (χ1n) is 7.14. The monoisotopic (exact) mass is 324 g/mol. The molecule has 0 aromatic carbocycles. The molecule has 2 aromatic rings. The van der Waals surface area contributed by atoms with E-state index in [1.807, 2.05) is 6.92 Å². The Morgan fingerprint density at radius 3 is 3.10 bits per heavy atom. The number of nitrogens with zero attached hydrogens (tertiary/aromatic N) is 5. The van der Waals surface area contributed by atoms with Crippen molar-refractivity contribution in [3.05, 3.63) is 17.0 Å². The minimum atomic E-state index is 0.535. The molecular formula is C13H17ClN6S. The molecule has 3 rings (SSSR count). The Morgan fingerprint density at radius 1 is 1.33 bits per heavy atom. The predicted octanol–water partition coefficient (Wildman–Crippen LogP) is 3.03. The van der Waals surface area contributed by atoms with Crippen LogP contribution >= 0.6 is 23.4 Å². The highest BCUT2D eigenvalue weighted by molar-refractivity contribution is 7.99. The zero-order valence-corrected chi connectivity index (χ0v) is 13.4. The Hall–Kier alpha value is -1.34. The Kier molecular flexibility index (Phi) is 4.60. The van der Waals surface area contributed by atoms with Crippen molar-refractivity contribution in [3.8, 4) is 0 Å². The first kappa shape index (κ1) is 14.6. The van der Waals surface area contributed by atoms with Gasteiger partial charge in [-0.2, -0.15) is 0 Å². The third-order valence-corrected chi connectivity index (χ3v) is 4.69. The van der Waals surface area contributed by atoms with E-state index >= 15 is 0 Å². The van der Waals surface area contributed by atoms with E-state index < -0.39 is 0 Å². The summed E-state index contributed by atoms with van der Waals surface area (Å²) < 4.78 is 2.18. The summed E-state index contributed by atoms with van der Waals surface area (Å²) >= 11 is 7.65. The molecule has 1 aliphatic rings. The van der Waals surface area contributed by atoms with E-state index in [0.29, 0.717) is 16.0 Å². The maximum absolute atomic E-state index is 6.20. The molecule has 0 spiro atoms. The summed E-state index contributed by atoms with van der Waals surface area (Å²) in [4.78, 5) is 8.59. The van der Waals surface area contributed by atoms with E-state index in [4.69, 9.17) is 11.6 Å². The van der Waals surface area contributed by atoms with Crippen LogP contribution in [0.2, 0.25) is 5.02 Å². The van der Waals surface area contributed by atoms with Crippen molar-refractivity contribution in [1.29, 1.82) is 0 Å². The third-order valence-electron chi connectivity index (χ3n) is 3.31. The third kappa shape index (κ3) is 3.29. The van der Waals surface area contributed by atoms with Crippen molar-refractivity contribution in [3.63, 3.8) is 0 Å². The van der Waals surface area contributed by atoms with Gasteiger partial charge in [-0.15, -0.1) is 10.2 Å². The van der Waals surface area contributed by atoms with Crippen molar-refractivity contribution in [2.24, 2.45) is 0 Å². The average Bonchev–Trinajstić information content (AvgIpc) is 2.71. The molecule has 0 radical (unpaired) electrons. The van der Waals surface area contributed by atoms with Gasteiger partial charge in [0.1, 0.15) is 10.9 Å². The zero-order chi connectivity index (χ0) is 14.7. The van der Waals surface area contributed by atoms with Gasteiger partial charge in [0.25, 0.3) is 0 Å². The standard InChI is InChI=1S/C13H17ClN6S/c1-2-15-12-16-8-9(14)11(17-12)21-13-19-18-10-6-4-3-5-7-20(10)13/h8H,2-7H2,1H3,(H,15,16,17). The quantitative estimate of drug-likeness (QED) is 0.872. The molecule has 0 atom stereocenters. The van der Waals surface area contributed by atoms with Crippen LogP contribution in [0.4, 0.5) is 5.95 Å². The fourth-order valence-electron chi connectivity index (χ4n) is 2.29. The Bertz CT molecular complexity index is 629. The highest BCUT2D eigenvalue weighted by atomic mass is 35.5. The topological polar surface area (TPSA) is 68.5 Å². The molecule has 3 heterocycles. The molecule has 112 valence electrons. The minimum Gasteiger partial charge on any atom is -0.354 e. The van der Waals surface area contributed by atoms with E-state index in [1.54, 1.807) is 6.20 Å². The number of hydrogen-bond acceptors (Lipinski definition) is 6. The van der Waals surface area contributed by atoms with Crippen LogP contribution in [-0.4, -0.2) is 31.3 Å². The van der Waals surface area contributed by atoms with Crippen LogP contribution in [0.25, 0.3) is 0 Å². The highest BCUT2D eigenvalue weighted by Crippen LogP contribution is 2.32. The first-order chi connectivity index (χ1) is 10.3. The van der Waals surface area contributed by atoms with Crippen LogP contribution in [0.15, 0.2) is 16.4 Å². The molecule has 0 aliphatic carbocycles. The van der Waals surface area contributed by atoms with Gasteiger partial charge in [-0.25, -0.2) is 9.97 Å². The highest BCUT2D eigenvalue weighted by Gasteiger charge is 2.17. The Labute approximate surface area is 132 Å². The van der Waals surface area contributed by atoms with E-state index in [1.165, 1.54) is 31.0 Å². The van der Waals surface area contributed by atoms with Crippen molar-refractivity contribution in [2.75, 3.05) is 11.9 Å². The van der Waals surface area contributed by atoms with Gasteiger partial charge in [-0.3, -0.25) is 0 Å². The maximum atomic E-state index is 6.20. The fraction of sp³-hybridized carbons (Fsp3) is 0.538. The molecule has 0 amide bonds. The lowest BCUT2D eigenvalue weighted by Crippen LogP contribution is -2.04. The molecule has 0 saturated heterocycles. The van der Waals surface area contributed by atoms with E-state index in [0.717, 1.165) is 30.5 Å². The molecule has 8 heteroatoms. The molecular weight excluding hydrogens is 308 g/mol. The fourth-order valence-corrected chi connectivity index (χ4v) is 3.34. The number of hydrogen-bond donors (Lipinski definition) is 1. The van der Waals surface area contributed by atoms with Crippen molar-refractivity contribution >= 4 is 29.3 Å². The van der Waals surface area contributed by atoms with Crippen molar-refractivity contribution in [1.82, 2.24) is 24.7 Å². The molecule has 21 heavy (non-hydrogen) atoms. The summed E-state index contributed by atoms with van der Waals surface area (Å²) in [6, 6.07) is 0. The lowest BCUT2D eigenvalue weighted by atomic mass is 10.2. The van der Waals surface area contributed by atoms with Crippen LogP contribution in [0, 0.1) is 0 Å². The maximum Gasteiger partial charge on any atom is 0.223 e. The largest absolute Gasteiger partial charge is 0.354 e. The summed E-state index contributed by atoms with van der Waals surface area (Å²) in [5, 5.41) is 13.8. The molecule has 2 aromatic heterocycles. The number of aryl methyl sites for hydroxylation is 1. The van der Waals surface area contributed by atoms with Gasteiger partial charge >= 0.3 is 0 Å². The smallest absolute Gasteiger partial charge is 0.223 e. The van der Waals surface area contributed by atoms with Gasteiger partial charge in [0, 0.05) is 19.5 Å². The van der Waals surface area contributed by atoms with Gasteiger partial charge < -0.3 is 9.88 Å². The van der Waals surface area contributed by atoms with E-state index in [2.05, 4.69) is 30.0 Å². The molecule has 0 bridgehead atoms. The second-order valence-electron chi connectivity index (χ2n) is 4.84. The molecule has 1 N–H and O–H groups in total. The molecule has 0 saturated carbocycles. The number of halogens is 1. The predicted molar refractivity (Wildman–Crippen MR) is 82.9 cm³/mol. The van der Waals surface area contributed by atoms with Gasteiger partial charge in [0.2, 0.25) is 5.95 Å². The Morgan fingerprint density at radius 2 is 2.24 bits per heavy atom. The number of rotatable bonds is 4. The van der Waals surface area contributed by atoms with Gasteiger partial charge in [0.15, 0.2) is 5.16 Å². The van der Waals surface area contributed by atoms with Crippen molar-refractivity contribution in [2.45, 2.75) is 49.3 Å². The van der Waals surface area contributed by atoms with Crippen LogP contribution in [-0.2, 0) is 13.0 Å². The van der Waals surface area contributed by atoms with Crippen LogP contribution in [0.5, 0.6) is 0 Å². The molecule has 6 nitrogen and oxygen atoms in total. The summed E-state index contributed by atoms with van der Waals surface area (Å²) in [6.07, 6.45) is 6.20. The molecule has 1 aliphatic heterocycles. The summed E-state index contributed by atoms with van der Waals surface area (Å²) in [5.74, 6) is 1.65. The normalized spacial score (nSPS) is 14.6. The minimum absolute atomic E-state index is 0.535. The lowest BCUT2D eigenvalue weighted by molar-refractivity contribution is 0.590. The SMILES string of the molecule is CCNc1ncc(Cl)c(Sc2nnc3n2CCCCC3)n1. The van der Waals surface area contributed by atoms with Crippen molar-refractivity contribution < 1.29 is 0 Å². The number of anilines is 1. The van der Waals surface area contributed by atoms with E-state index in [9.17, 15) is 0 Å². The van der Waals surface area contributed by atoms with Crippen LogP contribution in [0.1, 0.15) is 32.0 Å². The van der Waals surface area contributed by atoms with Gasteiger partial charge in [-0.1, -0.05) is 18.0 Å². The summed E-state index contributed by atoms with van der Waals surface area (Å²) in [6.45, 7) is 3.74. The lowest BCUT2D eigenvalue weighted by Gasteiger charge is -2.08. The second-order valence-corrected chi connectivity index (χ2v) is 6.20. The average molecular weight is 325 g/mol. The zero-order valence-electron chi connectivity index (χ0n) is 11.8. The van der Waals surface area contributed by atoms with Crippen LogP contribution in [0.3, 0.4) is 0 Å². The number of aromatic nitrogens is 5. The summed E-state index contributed by atoms with van der Waals surface area (Å²) in [5.41, 5.74) is 0. The molecule has 0 unspecified atom stereocenters. The Balaban J connectivity index is 1.86. The number of nitrogens with one attached hydrogen (secondary N) is 1. The van der Waals surface area contributed by atoms with Crippen LogP contribution < -0.4 is 5.32 Å². The van der Waals surface area contributed by atoms with E-state index in [-0.39, 0.29) is 0 Å². The second kappa shape index (κ2) is 6.62. The van der Waals surface area contributed by atoms with Gasteiger partial charge in [0.05, 0.1) is 11.2 Å². The molecule has 0 fully saturated rings. The number of fused-ring (bicyclic) bond motifs is 1. The first-order valence-corrected chi connectivity index (χ1v) is 8.33.